The summed E-state index contributed by atoms with van der Waals surface area (Å²) in [6.45, 7) is 3.70. The number of aliphatic hydroxyl groups is 1. The molecule has 4 heteroatoms. The third kappa shape index (κ3) is 2.04. The van der Waals surface area contributed by atoms with Gasteiger partial charge in [-0.2, -0.15) is 0 Å². The largest absolute Gasteiger partial charge is 0.396 e. The Kier molecular flexibility index (Phi) is 2.77. The summed E-state index contributed by atoms with van der Waals surface area (Å²) >= 11 is 0. The van der Waals surface area contributed by atoms with Crippen LogP contribution in [0.5, 0.6) is 0 Å². The van der Waals surface area contributed by atoms with Crippen molar-refractivity contribution in [1.29, 1.82) is 0 Å². The molecule has 1 fully saturated rings. The first kappa shape index (κ1) is 10.2. The van der Waals surface area contributed by atoms with Crippen molar-refractivity contribution in [3.05, 3.63) is 18.3 Å². The SMILES string of the molecule is CC1CN(c2ncccc2N)CCC1O. The molecule has 15 heavy (non-hydrogen) atoms. The molecule has 1 aliphatic rings. The summed E-state index contributed by atoms with van der Waals surface area (Å²) in [5.41, 5.74) is 6.57. The quantitative estimate of drug-likeness (QED) is 0.717. The molecule has 2 heterocycles. The van der Waals surface area contributed by atoms with E-state index in [-0.39, 0.29) is 12.0 Å². The molecule has 1 saturated heterocycles. The van der Waals surface area contributed by atoms with E-state index in [9.17, 15) is 5.11 Å². The van der Waals surface area contributed by atoms with Crippen molar-refractivity contribution in [1.82, 2.24) is 4.98 Å². The van der Waals surface area contributed by atoms with Crippen molar-refractivity contribution in [3.8, 4) is 0 Å². The summed E-state index contributed by atoms with van der Waals surface area (Å²) in [6.07, 6.45) is 2.35. The number of anilines is 2. The molecule has 4 nitrogen and oxygen atoms in total. The summed E-state index contributed by atoms with van der Waals surface area (Å²) in [5.74, 6) is 1.12. The van der Waals surface area contributed by atoms with Gasteiger partial charge in [0, 0.05) is 19.3 Å². The Bertz CT molecular complexity index is 342. The maximum Gasteiger partial charge on any atom is 0.151 e. The van der Waals surface area contributed by atoms with E-state index in [4.69, 9.17) is 5.73 Å². The van der Waals surface area contributed by atoms with Gasteiger partial charge >= 0.3 is 0 Å². The van der Waals surface area contributed by atoms with Crippen LogP contribution in [-0.2, 0) is 0 Å². The van der Waals surface area contributed by atoms with Gasteiger partial charge in [0.25, 0.3) is 0 Å². The molecule has 3 N–H and O–H groups in total. The van der Waals surface area contributed by atoms with E-state index in [0.717, 1.165) is 25.3 Å². The molecule has 2 atom stereocenters. The molecule has 1 aromatic rings. The van der Waals surface area contributed by atoms with E-state index >= 15 is 0 Å². The number of nitrogens with zero attached hydrogens (tertiary/aromatic N) is 2. The third-order valence-electron chi connectivity index (χ3n) is 2.98. The number of hydrogen-bond acceptors (Lipinski definition) is 4. The molecule has 0 aliphatic carbocycles. The topological polar surface area (TPSA) is 62.4 Å². The van der Waals surface area contributed by atoms with E-state index in [0.29, 0.717) is 5.69 Å². The van der Waals surface area contributed by atoms with Gasteiger partial charge in [0.15, 0.2) is 5.82 Å². The number of piperidine rings is 1. The lowest BCUT2D eigenvalue weighted by Crippen LogP contribution is -2.42. The Balaban J connectivity index is 2.15. The van der Waals surface area contributed by atoms with E-state index in [1.807, 2.05) is 12.1 Å². The van der Waals surface area contributed by atoms with Crippen LogP contribution in [-0.4, -0.2) is 29.3 Å². The second-order valence-corrected chi connectivity index (χ2v) is 4.20. The standard InChI is InChI=1S/C11H17N3O/c1-8-7-14(6-4-10(8)15)11-9(12)3-2-5-13-11/h2-3,5,8,10,15H,4,6-7,12H2,1H3. The predicted molar refractivity (Wildman–Crippen MR) is 60.7 cm³/mol. The zero-order valence-corrected chi connectivity index (χ0v) is 8.93. The zero-order valence-electron chi connectivity index (χ0n) is 8.93. The highest BCUT2D eigenvalue weighted by Gasteiger charge is 2.25. The fourth-order valence-corrected chi connectivity index (χ4v) is 2.00. The minimum absolute atomic E-state index is 0.189. The van der Waals surface area contributed by atoms with Gasteiger partial charge < -0.3 is 15.7 Å². The van der Waals surface area contributed by atoms with Gasteiger partial charge in [0.2, 0.25) is 0 Å². The van der Waals surface area contributed by atoms with Crippen LogP contribution < -0.4 is 10.6 Å². The Hall–Kier alpha value is -1.29. The molecule has 1 aliphatic heterocycles. The Morgan fingerprint density at radius 1 is 1.60 bits per heavy atom. The van der Waals surface area contributed by atoms with Crippen LogP contribution in [0.2, 0.25) is 0 Å². The predicted octanol–water partition coefficient (Wildman–Crippen LogP) is 0.871. The minimum Gasteiger partial charge on any atom is -0.396 e. The highest BCUT2D eigenvalue weighted by Crippen LogP contribution is 2.25. The van der Waals surface area contributed by atoms with Crippen molar-refractivity contribution < 1.29 is 5.11 Å². The number of hydrogen-bond donors (Lipinski definition) is 2. The third-order valence-corrected chi connectivity index (χ3v) is 2.98. The van der Waals surface area contributed by atoms with Crippen molar-refractivity contribution in [3.63, 3.8) is 0 Å². The van der Waals surface area contributed by atoms with Gasteiger partial charge in [0.05, 0.1) is 11.8 Å². The van der Waals surface area contributed by atoms with Crippen LogP contribution in [0.1, 0.15) is 13.3 Å². The first-order valence-electron chi connectivity index (χ1n) is 5.32. The number of rotatable bonds is 1. The van der Waals surface area contributed by atoms with Gasteiger partial charge in [-0.25, -0.2) is 4.98 Å². The monoisotopic (exact) mass is 207 g/mol. The normalized spacial score (nSPS) is 26.7. The molecule has 0 radical (unpaired) electrons. The summed E-state index contributed by atoms with van der Waals surface area (Å²) in [4.78, 5) is 6.43. The van der Waals surface area contributed by atoms with Crippen molar-refractivity contribution in [2.75, 3.05) is 23.7 Å². The molecule has 0 bridgehead atoms. The van der Waals surface area contributed by atoms with Crippen molar-refractivity contribution in [2.45, 2.75) is 19.4 Å². The molecule has 2 unspecified atom stereocenters. The van der Waals surface area contributed by atoms with Crippen LogP contribution >= 0.6 is 0 Å². The average molecular weight is 207 g/mol. The van der Waals surface area contributed by atoms with Crippen LogP contribution in [0.3, 0.4) is 0 Å². The lowest BCUT2D eigenvalue weighted by Gasteiger charge is -2.35. The number of pyridine rings is 1. The highest BCUT2D eigenvalue weighted by atomic mass is 16.3. The van der Waals surface area contributed by atoms with E-state index in [2.05, 4.69) is 16.8 Å². The Morgan fingerprint density at radius 3 is 3.07 bits per heavy atom. The van der Waals surface area contributed by atoms with Crippen LogP contribution in [0, 0.1) is 5.92 Å². The molecular formula is C11H17N3O. The fourth-order valence-electron chi connectivity index (χ4n) is 2.00. The maximum atomic E-state index is 9.63. The molecule has 0 spiro atoms. The zero-order chi connectivity index (χ0) is 10.8. The minimum atomic E-state index is -0.189. The summed E-state index contributed by atoms with van der Waals surface area (Å²) < 4.78 is 0. The van der Waals surface area contributed by atoms with E-state index in [1.165, 1.54) is 0 Å². The van der Waals surface area contributed by atoms with Crippen LogP contribution in [0.25, 0.3) is 0 Å². The average Bonchev–Trinajstić information content (AvgIpc) is 2.23. The van der Waals surface area contributed by atoms with Crippen LogP contribution in [0.4, 0.5) is 11.5 Å². The number of aromatic nitrogens is 1. The Morgan fingerprint density at radius 2 is 2.40 bits per heavy atom. The van der Waals surface area contributed by atoms with Crippen molar-refractivity contribution >= 4 is 11.5 Å². The summed E-state index contributed by atoms with van der Waals surface area (Å²) in [6, 6.07) is 3.69. The summed E-state index contributed by atoms with van der Waals surface area (Å²) in [5, 5.41) is 9.63. The van der Waals surface area contributed by atoms with Gasteiger partial charge in [0.1, 0.15) is 0 Å². The maximum absolute atomic E-state index is 9.63. The molecule has 82 valence electrons. The molecule has 2 rings (SSSR count). The first-order valence-corrected chi connectivity index (χ1v) is 5.32. The van der Waals surface area contributed by atoms with E-state index < -0.39 is 0 Å². The molecule has 0 aromatic carbocycles. The Labute approximate surface area is 89.7 Å². The van der Waals surface area contributed by atoms with Crippen molar-refractivity contribution in [2.24, 2.45) is 5.92 Å². The van der Waals surface area contributed by atoms with Gasteiger partial charge in [-0.1, -0.05) is 6.92 Å². The summed E-state index contributed by atoms with van der Waals surface area (Å²) in [7, 11) is 0. The van der Waals surface area contributed by atoms with Gasteiger partial charge in [-0.15, -0.1) is 0 Å². The molecular weight excluding hydrogens is 190 g/mol. The van der Waals surface area contributed by atoms with E-state index in [1.54, 1.807) is 6.20 Å². The second kappa shape index (κ2) is 4.06. The number of nitrogens with two attached hydrogens (primary N) is 1. The van der Waals surface area contributed by atoms with Gasteiger partial charge in [-0.3, -0.25) is 0 Å². The lowest BCUT2D eigenvalue weighted by atomic mass is 9.97. The lowest BCUT2D eigenvalue weighted by molar-refractivity contribution is 0.0969. The molecule has 0 amide bonds. The fraction of sp³-hybridized carbons (Fsp3) is 0.545. The molecule has 1 aromatic heterocycles. The second-order valence-electron chi connectivity index (χ2n) is 4.20. The number of nitrogen functional groups attached to an aromatic ring is 1. The highest BCUT2D eigenvalue weighted by molar-refractivity contribution is 5.62. The van der Waals surface area contributed by atoms with Crippen LogP contribution in [0.15, 0.2) is 18.3 Å². The van der Waals surface area contributed by atoms with Gasteiger partial charge in [-0.05, 0) is 24.5 Å². The smallest absolute Gasteiger partial charge is 0.151 e. The first-order chi connectivity index (χ1) is 7.18. The number of aliphatic hydroxyl groups excluding tert-OH is 1. The molecule has 0 saturated carbocycles.